The predicted molar refractivity (Wildman–Crippen MR) is 85.0 cm³/mol. The lowest BCUT2D eigenvalue weighted by Gasteiger charge is -2.22. The lowest BCUT2D eigenvalue weighted by atomic mass is 9.94. The molecule has 20 heavy (non-hydrogen) atoms. The third-order valence-electron chi connectivity index (χ3n) is 3.57. The van der Waals surface area contributed by atoms with Gasteiger partial charge in [0.15, 0.2) is 0 Å². The fraction of sp³-hybridized carbons (Fsp3) is 0.389. The van der Waals surface area contributed by atoms with Gasteiger partial charge in [-0.25, -0.2) is 0 Å². The number of hydrogen-bond donors (Lipinski definition) is 1. The van der Waals surface area contributed by atoms with Crippen LogP contribution in [0.5, 0.6) is 0 Å². The molecule has 0 aliphatic rings. The summed E-state index contributed by atoms with van der Waals surface area (Å²) in [5, 5.41) is 3.66. The second-order valence-corrected chi connectivity index (χ2v) is 5.54. The highest BCUT2D eigenvalue weighted by Crippen LogP contribution is 2.26. The number of benzene rings is 1. The molecular weight excluding hydrogens is 244 g/mol. The molecule has 1 heterocycles. The van der Waals surface area contributed by atoms with Gasteiger partial charge < -0.3 is 5.32 Å². The SMILES string of the molecule is CCCNC(c1cncc(C)c1)c1cc(C)ccc1C. The zero-order valence-corrected chi connectivity index (χ0v) is 12.9. The van der Waals surface area contributed by atoms with Crippen molar-refractivity contribution in [3.05, 3.63) is 64.5 Å². The van der Waals surface area contributed by atoms with Gasteiger partial charge in [0.05, 0.1) is 6.04 Å². The molecule has 2 rings (SSSR count). The third-order valence-corrected chi connectivity index (χ3v) is 3.57. The number of nitrogens with zero attached hydrogens (tertiary/aromatic N) is 1. The maximum atomic E-state index is 4.35. The maximum absolute atomic E-state index is 4.35. The zero-order chi connectivity index (χ0) is 14.5. The molecule has 1 aromatic heterocycles. The minimum atomic E-state index is 0.224. The van der Waals surface area contributed by atoms with Crippen molar-refractivity contribution in [3.63, 3.8) is 0 Å². The van der Waals surface area contributed by atoms with Crippen molar-refractivity contribution in [2.75, 3.05) is 6.54 Å². The summed E-state index contributed by atoms with van der Waals surface area (Å²) in [5.41, 5.74) is 6.43. The molecule has 0 saturated carbocycles. The van der Waals surface area contributed by atoms with Crippen LogP contribution in [0.4, 0.5) is 0 Å². The Morgan fingerprint density at radius 3 is 2.55 bits per heavy atom. The highest BCUT2D eigenvalue weighted by molar-refractivity contribution is 5.39. The Bertz CT molecular complexity index is 575. The molecule has 1 aromatic carbocycles. The number of pyridine rings is 1. The van der Waals surface area contributed by atoms with Crippen molar-refractivity contribution in [3.8, 4) is 0 Å². The molecule has 0 aliphatic carbocycles. The summed E-state index contributed by atoms with van der Waals surface area (Å²) in [6.45, 7) is 9.62. The minimum absolute atomic E-state index is 0.224. The van der Waals surface area contributed by atoms with Crippen LogP contribution < -0.4 is 5.32 Å². The molecule has 1 N–H and O–H groups in total. The Hall–Kier alpha value is -1.67. The van der Waals surface area contributed by atoms with E-state index in [2.05, 4.69) is 62.3 Å². The number of hydrogen-bond acceptors (Lipinski definition) is 2. The topological polar surface area (TPSA) is 24.9 Å². The predicted octanol–water partition coefficient (Wildman–Crippen LogP) is 4.10. The standard InChI is InChI=1S/C18H24N2/c1-5-8-20-18(16-9-14(3)11-19-12-16)17-10-13(2)6-7-15(17)4/h6-7,9-12,18,20H,5,8H2,1-4H3. The van der Waals surface area contributed by atoms with Crippen LogP contribution in [0.3, 0.4) is 0 Å². The van der Waals surface area contributed by atoms with E-state index >= 15 is 0 Å². The second kappa shape index (κ2) is 6.67. The van der Waals surface area contributed by atoms with E-state index in [0.717, 1.165) is 13.0 Å². The first kappa shape index (κ1) is 14.7. The molecule has 0 amide bonds. The number of aromatic nitrogens is 1. The normalized spacial score (nSPS) is 12.4. The smallest absolute Gasteiger partial charge is 0.0594 e. The molecule has 0 radical (unpaired) electrons. The Balaban J connectivity index is 2.44. The largest absolute Gasteiger partial charge is 0.306 e. The molecule has 106 valence electrons. The van der Waals surface area contributed by atoms with E-state index in [0.29, 0.717) is 0 Å². The Labute approximate surface area is 122 Å². The molecular formula is C18H24N2. The maximum Gasteiger partial charge on any atom is 0.0594 e. The summed E-state index contributed by atoms with van der Waals surface area (Å²) in [4.78, 5) is 4.35. The molecule has 0 spiro atoms. The summed E-state index contributed by atoms with van der Waals surface area (Å²) < 4.78 is 0. The molecule has 0 bridgehead atoms. The van der Waals surface area contributed by atoms with E-state index in [9.17, 15) is 0 Å². The van der Waals surface area contributed by atoms with Crippen molar-refractivity contribution in [1.82, 2.24) is 10.3 Å². The summed E-state index contributed by atoms with van der Waals surface area (Å²) in [7, 11) is 0. The van der Waals surface area contributed by atoms with Crippen LogP contribution in [-0.2, 0) is 0 Å². The fourth-order valence-electron chi connectivity index (χ4n) is 2.50. The van der Waals surface area contributed by atoms with Crippen LogP contribution in [0.1, 0.15) is 47.2 Å². The average molecular weight is 268 g/mol. The molecule has 1 atom stereocenters. The van der Waals surface area contributed by atoms with Gasteiger partial charge in [0, 0.05) is 12.4 Å². The van der Waals surface area contributed by atoms with E-state index in [1.807, 2.05) is 12.4 Å². The first-order valence-electron chi connectivity index (χ1n) is 7.34. The third kappa shape index (κ3) is 3.45. The summed E-state index contributed by atoms with van der Waals surface area (Å²) >= 11 is 0. The van der Waals surface area contributed by atoms with Crippen LogP contribution >= 0.6 is 0 Å². The first-order chi connectivity index (χ1) is 9.61. The van der Waals surface area contributed by atoms with Gasteiger partial charge in [0.1, 0.15) is 0 Å². The Morgan fingerprint density at radius 2 is 1.85 bits per heavy atom. The first-order valence-corrected chi connectivity index (χ1v) is 7.34. The van der Waals surface area contributed by atoms with Crippen LogP contribution in [-0.4, -0.2) is 11.5 Å². The summed E-state index contributed by atoms with van der Waals surface area (Å²) in [6.07, 6.45) is 5.01. The highest BCUT2D eigenvalue weighted by Gasteiger charge is 2.16. The molecule has 2 heteroatoms. The molecule has 0 fully saturated rings. The monoisotopic (exact) mass is 268 g/mol. The van der Waals surface area contributed by atoms with Crippen LogP contribution in [0.2, 0.25) is 0 Å². The van der Waals surface area contributed by atoms with E-state index in [1.165, 1.54) is 27.8 Å². The molecule has 1 unspecified atom stereocenters. The van der Waals surface area contributed by atoms with Crippen molar-refractivity contribution in [2.45, 2.75) is 40.2 Å². The minimum Gasteiger partial charge on any atom is -0.306 e. The van der Waals surface area contributed by atoms with Crippen LogP contribution in [0, 0.1) is 20.8 Å². The lowest BCUT2D eigenvalue weighted by Crippen LogP contribution is -2.24. The van der Waals surface area contributed by atoms with Gasteiger partial charge in [0.2, 0.25) is 0 Å². The number of nitrogens with one attached hydrogen (secondary N) is 1. The zero-order valence-electron chi connectivity index (χ0n) is 12.9. The lowest BCUT2D eigenvalue weighted by molar-refractivity contribution is 0.594. The number of aryl methyl sites for hydroxylation is 3. The average Bonchev–Trinajstić information content (AvgIpc) is 2.43. The summed E-state index contributed by atoms with van der Waals surface area (Å²) in [5.74, 6) is 0. The second-order valence-electron chi connectivity index (χ2n) is 5.54. The van der Waals surface area contributed by atoms with E-state index in [1.54, 1.807) is 0 Å². The van der Waals surface area contributed by atoms with Gasteiger partial charge in [-0.15, -0.1) is 0 Å². The van der Waals surface area contributed by atoms with Gasteiger partial charge in [-0.05, 0) is 56.0 Å². The van der Waals surface area contributed by atoms with Crippen molar-refractivity contribution >= 4 is 0 Å². The van der Waals surface area contributed by atoms with Gasteiger partial charge in [-0.1, -0.05) is 36.8 Å². The number of rotatable bonds is 5. The van der Waals surface area contributed by atoms with Gasteiger partial charge >= 0.3 is 0 Å². The van der Waals surface area contributed by atoms with Gasteiger partial charge in [-0.2, -0.15) is 0 Å². The van der Waals surface area contributed by atoms with E-state index < -0.39 is 0 Å². The quantitative estimate of drug-likeness (QED) is 0.883. The Kier molecular flexibility index (Phi) is 4.91. The van der Waals surface area contributed by atoms with Crippen LogP contribution in [0.25, 0.3) is 0 Å². The molecule has 0 saturated heterocycles. The van der Waals surface area contributed by atoms with Crippen molar-refractivity contribution < 1.29 is 0 Å². The van der Waals surface area contributed by atoms with Crippen molar-refractivity contribution in [1.29, 1.82) is 0 Å². The Morgan fingerprint density at radius 1 is 1.05 bits per heavy atom. The molecule has 2 aromatic rings. The van der Waals surface area contributed by atoms with Gasteiger partial charge in [0.25, 0.3) is 0 Å². The van der Waals surface area contributed by atoms with Crippen molar-refractivity contribution in [2.24, 2.45) is 0 Å². The highest BCUT2D eigenvalue weighted by atomic mass is 14.9. The van der Waals surface area contributed by atoms with Crippen LogP contribution in [0.15, 0.2) is 36.7 Å². The molecule has 0 aliphatic heterocycles. The fourth-order valence-corrected chi connectivity index (χ4v) is 2.50. The van der Waals surface area contributed by atoms with E-state index in [-0.39, 0.29) is 6.04 Å². The van der Waals surface area contributed by atoms with Gasteiger partial charge in [-0.3, -0.25) is 4.98 Å². The van der Waals surface area contributed by atoms with E-state index in [4.69, 9.17) is 0 Å². The summed E-state index contributed by atoms with van der Waals surface area (Å²) in [6, 6.07) is 9.11. The molecule has 2 nitrogen and oxygen atoms in total.